The Morgan fingerprint density at radius 1 is 1.04 bits per heavy atom. The van der Waals surface area contributed by atoms with Gasteiger partial charge in [0.25, 0.3) is 5.56 Å². The van der Waals surface area contributed by atoms with E-state index in [1.54, 1.807) is 18.5 Å². The van der Waals surface area contributed by atoms with E-state index in [2.05, 4.69) is 15.2 Å². The molecule has 3 N–H and O–H groups in total. The Labute approximate surface area is 155 Å². The molecule has 6 nitrogen and oxygen atoms in total. The predicted molar refractivity (Wildman–Crippen MR) is 105 cm³/mol. The number of rotatable bonds is 4. The zero-order chi connectivity index (χ0) is 18.8. The lowest BCUT2D eigenvalue weighted by molar-refractivity contribution is 0.477. The smallest absolute Gasteiger partial charge is 0.272 e. The molecule has 2 heterocycles. The van der Waals surface area contributed by atoms with Crippen LogP contribution in [0.5, 0.6) is 11.5 Å². The lowest BCUT2D eigenvalue weighted by atomic mass is 10.0. The number of aryl methyl sites for hydroxylation is 1. The van der Waals surface area contributed by atoms with Crippen LogP contribution in [0.15, 0.2) is 65.7 Å². The largest absolute Gasteiger partial charge is 0.455 e. The first-order valence-corrected chi connectivity index (χ1v) is 8.56. The molecular formula is C21H18N4O2. The normalized spacial score (nSPS) is 10.9. The zero-order valence-electron chi connectivity index (χ0n) is 14.8. The van der Waals surface area contributed by atoms with E-state index in [9.17, 15) is 4.79 Å². The summed E-state index contributed by atoms with van der Waals surface area (Å²) >= 11 is 0. The maximum absolute atomic E-state index is 12.0. The van der Waals surface area contributed by atoms with Crippen molar-refractivity contribution >= 4 is 10.8 Å². The minimum absolute atomic E-state index is 0.233. The van der Waals surface area contributed by atoms with Crippen LogP contribution < -0.4 is 16.0 Å². The average Bonchev–Trinajstić information content (AvgIpc) is 2.70. The number of para-hydroxylation sites is 1. The molecule has 0 saturated carbocycles. The van der Waals surface area contributed by atoms with E-state index in [0.29, 0.717) is 16.8 Å². The summed E-state index contributed by atoms with van der Waals surface area (Å²) in [5.41, 5.74) is 9.01. The fourth-order valence-electron chi connectivity index (χ4n) is 2.99. The summed E-state index contributed by atoms with van der Waals surface area (Å²) in [5.74, 6) is 1.43. The second kappa shape index (κ2) is 7.01. The molecule has 0 atom stereocenters. The van der Waals surface area contributed by atoms with Crippen LogP contribution in [0.2, 0.25) is 0 Å². The molecule has 0 aliphatic heterocycles. The van der Waals surface area contributed by atoms with Gasteiger partial charge in [-0.3, -0.25) is 9.78 Å². The monoisotopic (exact) mass is 358 g/mol. The van der Waals surface area contributed by atoms with Gasteiger partial charge in [-0.25, -0.2) is 5.10 Å². The molecule has 0 saturated heterocycles. The lowest BCUT2D eigenvalue weighted by Crippen LogP contribution is -2.13. The third kappa shape index (κ3) is 3.30. The van der Waals surface area contributed by atoms with Crippen molar-refractivity contribution in [3.8, 4) is 22.6 Å². The summed E-state index contributed by atoms with van der Waals surface area (Å²) in [6.07, 6.45) is 3.43. The van der Waals surface area contributed by atoms with Crippen molar-refractivity contribution in [3.05, 3.63) is 82.5 Å². The second-order valence-corrected chi connectivity index (χ2v) is 6.24. The molecule has 0 bridgehead atoms. The van der Waals surface area contributed by atoms with Crippen LogP contribution in [0.1, 0.15) is 11.3 Å². The highest BCUT2D eigenvalue weighted by atomic mass is 16.5. The first kappa shape index (κ1) is 16.9. The average molecular weight is 358 g/mol. The van der Waals surface area contributed by atoms with Crippen LogP contribution >= 0.6 is 0 Å². The van der Waals surface area contributed by atoms with Gasteiger partial charge in [-0.05, 0) is 42.3 Å². The maximum atomic E-state index is 12.0. The maximum Gasteiger partial charge on any atom is 0.272 e. The van der Waals surface area contributed by atoms with Crippen molar-refractivity contribution in [3.63, 3.8) is 0 Å². The van der Waals surface area contributed by atoms with Gasteiger partial charge in [0.2, 0.25) is 0 Å². The third-order valence-corrected chi connectivity index (χ3v) is 4.43. The number of fused-ring (bicyclic) bond motifs is 1. The number of H-pyrrole nitrogens is 1. The number of hydrogen-bond acceptors (Lipinski definition) is 5. The van der Waals surface area contributed by atoms with E-state index in [4.69, 9.17) is 10.5 Å². The number of aromatic nitrogens is 3. The lowest BCUT2D eigenvalue weighted by Gasteiger charge is -2.10. The highest BCUT2D eigenvalue weighted by Crippen LogP contribution is 2.29. The van der Waals surface area contributed by atoms with Crippen LogP contribution in [0.4, 0.5) is 0 Å². The summed E-state index contributed by atoms with van der Waals surface area (Å²) < 4.78 is 5.97. The second-order valence-electron chi connectivity index (χ2n) is 6.24. The van der Waals surface area contributed by atoms with Crippen molar-refractivity contribution in [2.75, 3.05) is 0 Å². The van der Waals surface area contributed by atoms with Crippen LogP contribution in [-0.2, 0) is 6.54 Å². The van der Waals surface area contributed by atoms with Crippen molar-refractivity contribution in [2.45, 2.75) is 13.5 Å². The van der Waals surface area contributed by atoms with Gasteiger partial charge in [0, 0.05) is 23.7 Å². The van der Waals surface area contributed by atoms with Gasteiger partial charge in [0.15, 0.2) is 0 Å². The summed E-state index contributed by atoms with van der Waals surface area (Å²) in [5, 5.41) is 7.82. The third-order valence-electron chi connectivity index (χ3n) is 4.43. The summed E-state index contributed by atoms with van der Waals surface area (Å²) in [4.78, 5) is 16.3. The van der Waals surface area contributed by atoms with E-state index in [1.165, 1.54) is 0 Å². The fourth-order valence-corrected chi connectivity index (χ4v) is 2.99. The number of nitrogens with one attached hydrogen (secondary N) is 1. The van der Waals surface area contributed by atoms with E-state index in [0.717, 1.165) is 27.8 Å². The highest BCUT2D eigenvalue weighted by Gasteiger charge is 2.09. The SMILES string of the molecule is Cc1ccccc1Oc1cncc(-c2ccc3c(=O)[nH]nc(CN)c3c2)c1. The topological polar surface area (TPSA) is 93.9 Å². The molecule has 0 amide bonds. The van der Waals surface area contributed by atoms with E-state index < -0.39 is 0 Å². The Kier molecular flexibility index (Phi) is 4.40. The number of aromatic amines is 1. The van der Waals surface area contributed by atoms with Gasteiger partial charge in [-0.15, -0.1) is 0 Å². The summed E-state index contributed by atoms with van der Waals surface area (Å²) in [6, 6.07) is 15.3. The number of benzene rings is 2. The van der Waals surface area contributed by atoms with Crippen LogP contribution in [0.25, 0.3) is 21.9 Å². The molecule has 2 aromatic carbocycles. The molecule has 0 aliphatic carbocycles. The van der Waals surface area contributed by atoms with Crippen molar-refractivity contribution < 1.29 is 4.74 Å². The Morgan fingerprint density at radius 3 is 2.70 bits per heavy atom. The van der Waals surface area contributed by atoms with Gasteiger partial charge >= 0.3 is 0 Å². The van der Waals surface area contributed by atoms with Crippen molar-refractivity contribution in [2.24, 2.45) is 5.73 Å². The molecule has 134 valence electrons. The molecule has 6 heteroatoms. The number of nitrogens with zero attached hydrogens (tertiary/aromatic N) is 2. The van der Waals surface area contributed by atoms with Gasteiger partial charge in [0.05, 0.1) is 17.3 Å². The number of hydrogen-bond donors (Lipinski definition) is 2. The van der Waals surface area contributed by atoms with Crippen LogP contribution in [-0.4, -0.2) is 15.2 Å². The number of ether oxygens (including phenoxy) is 1. The van der Waals surface area contributed by atoms with Crippen molar-refractivity contribution in [1.82, 2.24) is 15.2 Å². The van der Waals surface area contributed by atoms with Gasteiger partial charge in [-0.1, -0.05) is 24.3 Å². The Morgan fingerprint density at radius 2 is 1.89 bits per heavy atom. The molecule has 0 unspecified atom stereocenters. The molecule has 0 radical (unpaired) electrons. The van der Waals surface area contributed by atoms with Crippen molar-refractivity contribution in [1.29, 1.82) is 0 Å². The Bertz CT molecular complexity index is 1180. The molecule has 4 aromatic rings. The standard InChI is InChI=1S/C21H18N4O2/c1-13-4-2-3-5-20(13)27-16-8-15(11-23-12-16)14-6-7-17-18(9-14)19(10-22)24-25-21(17)26/h2-9,11-12H,10,22H2,1H3,(H,25,26). The minimum atomic E-state index is -0.233. The van der Waals surface area contributed by atoms with E-state index in [-0.39, 0.29) is 12.1 Å². The highest BCUT2D eigenvalue weighted by molar-refractivity contribution is 5.88. The minimum Gasteiger partial charge on any atom is -0.455 e. The number of pyridine rings is 1. The van der Waals surface area contributed by atoms with Crippen LogP contribution in [0, 0.1) is 6.92 Å². The zero-order valence-corrected chi connectivity index (χ0v) is 14.8. The molecule has 0 aliphatic rings. The predicted octanol–water partition coefficient (Wildman–Crippen LogP) is 3.54. The van der Waals surface area contributed by atoms with E-state index >= 15 is 0 Å². The van der Waals surface area contributed by atoms with Gasteiger partial charge in [0.1, 0.15) is 11.5 Å². The molecule has 0 fully saturated rings. The summed E-state index contributed by atoms with van der Waals surface area (Å²) in [7, 11) is 0. The summed E-state index contributed by atoms with van der Waals surface area (Å²) in [6.45, 7) is 2.24. The fraction of sp³-hybridized carbons (Fsp3) is 0.0952. The van der Waals surface area contributed by atoms with Gasteiger partial charge in [-0.2, -0.15) is 5.10 Å². The first-order chi connectivity index (χ1) is 13.2. The molecule has 0 spiro atoms. The molecule has 27 heavy (non-hydrogen) atoms. The Hall–Kier alpha value is -3.51. The van der Waals surface area contributed by atoms with Crippen LogP contribution in [0.3, 0.4) is 0 Å². The number of nitrogens with two attached hydrogens (primary N) is 1. The first-order valence-electron chi connectivity index (χ1n) is 8.56. The quantitative estimate of drug-likeness (QED) is 0.582. The van der Waals surface area contributed by atoms with Gasteiger partial charge < -0.3 is 10.5 Å². The molecular weight excluding hydrogens is 340 g/mol. The van der Waals surface area contributed by atoms with E-state index in [1.807, 2.05) is 49.4 Å². The molecule has 4 rings (SSSR count). The molecule has 2 aromatic heterocycles. The Balaban J connectivity index is 1.76.